The van der Waals surface area contributed by atoms with E-state index in [1.807, 2.05) is 0 Å². The summed E-state index contributed by atoms with van der Waals surface area (Å²) in [6.45, 7) is 13.6. The van der Waals surface area contributed by atoms with E-state index < -0.39 is 0 Å². The van der Waals surface area contributed by atoms with Crippen LogP contribution in [0.5, 0.6) is 0 Å². The van der Waals surface area contributed by atoms with Crippen molar-refractivity contribution in [2.75, 3.05) is 19.8 Å². The summed E-state index contributed by atoms with van der Waals surface area (Å²) in [4.78, 5) is 2.57. The summed E-state index contributed by atoms with van der Waals surface area (Å²) in [5.74, 6) is 0. The predicted octanol–water partition coefficient (Wildman–Crippen LogP) is 3.19. The van der Waals surface area contributed by atoms with Gasteiger partial charge in [-0.3, -0.25) is 4.90 Å². The summed E-state index contributed by atoms with van der Waals surface area (Å²) in [6.07, 6.45) is 1.16. The molecule has 1 aliphatic rings. The van der Waals surface area contributed by atoms with E-state index in [4.69, 9.17) is 4.74 Å². The standard InChI is InChI=1S/C18H30N2O/c1-5-17-14-21-11-10-20(17)13-16-9-7-6-8-15(16)12-19-18(2,3)4/h6-9,17,19H,5,10-14H2,1-4H3. The third-order valence-electron chi connectivity index (χ3n) is 4.12. The average Bonchev–Trinajstić information content (AvgIpc) is 2.46. The number of ether oxygens (including phenoxy) is 1. The lowest BCUT2D eigenvalue weighted by Crippen LogP contribution is -2.44. The highest BCUT2D eigenvalue weighted by Crippen LogP contribution is 2.18. The van der Waals surface area contributed by atoms with Gasteiger partial charge in [0.05, 0.1) is 13.2 Å². The molecule has 1 heterocycles. The molecule has 1 aromatic rings. The monoisotopic (exact) mass is 290 g/mol. The van der Waals surface area contributed by atoms with Gasteiger partial charge in [0, 0.05) is 31.2 Å². The Hall–Kier alpha value is -0.900. The highest BCUT2D eigenvalue weighted by Gasteiger charge is 2.22. The smallest absolute Gasteiger partial charge is 0.0622 e. The Bertz CT molecular complexity index is 439. The molecular weight excluding hydrogens is 260 g/mol. The van der Waals surface area contributed by atoms with Crippen molar-refractivity contribution in [1.82, 2.24) is 10.2 Å². The van der Waals surface area contributed by atoms with Crippen molar-refractivity contribution in [3.05, 3.63) is 35.4 Å². The highest BCUT2D eigenvalue weighted by molar-refractivity contribution is 5.27. The van der Waals surface area contributed by atoms with Crippen LogP contribution in [0, 0.1) is 0 Å². The van der Waals surface area contributed by atoms with Crippen LogP contribution in [-0.4, -0.2) is 36.2 Å². The van der Waals surface area contributed by atoms with E-state index in [0.717, 1.165) is 39.3 Å². The molecule has 1 saturated heterocycles. The number of benzene rings is 1. The zero-order valence-electron chi connectivity index (χ0n) is 14.0. The molecule has 0 saturated carbocycles. The molecule has 1 N–H and O–H groups in total. The molecule has 0 aromatic heterocycles. The van der Waals surface area contributed by atoms with Gasteiger partial charge in [-0.15, -0.1) is 0 Å². The van der Waals surface area contributed by atoms with E-state index in [1.165, 1.54) is 11.1 Å². The molecule has 1 unspecified atom stereocenters. The van der Waals surface area contributed by atoms with Gasteiger partial charge in [-0.25, -0.2) is 0 Å². The lowest BCUT2D eigenvalue weighted by Gasteiger charge is -2.35. The van der Waals surface area contributed by atoms with Crippen LogP contribution in [0.1, 0.15) is 45.2 Å². The first-order valence-electron chi connectivity index (χ1n) is 8.13. The van der Waals surface area contributed by atoms with Crippen molar-refractivity contribution in [2.45, 2.75) is 58.8 Å². The maximum Gasteiger partial charge on any atom is 0.0622 e. The number of nitrogens with zero attached hydrogens (tertiary/aromatic N) is 1. The van der Waals surface area contributed by atoms with Gasteiger partial charge in [-0.05, 0) is 38.3 Å². The van der Waals surface area contributed by atoms with Crippen LogP contribution in [0.3, 0.4) is 0 Å². The molecule has 0 amide bonds. The lowest BCUT2D eigenvalue weighted by molar-refractivity contribution is -0.0128. The van der Waals surface area contributed by atoms with Crippen LogP contribution < -0.4 is 5.32 Å². The molecule has 2 rings (SSSR count). The fraction of sp³-hybridized carbons (Fsp3) is 0.667. The van der Waals surface area contributed by atoms with Crippen LogP contribution in [0.25, 0.3) is 0 Å². The van der Waals surface area contributed by atoms with Crippen molar-refractivity contribution in [2.24, 2.45) is 0 Å². The molecule has 118 valence electrons. The van der Waals surface area contributed by atoms with Crippen molar-refractivity contribution in [3.63, 3.8) is 0 Å². The maximum atomic E-state index is 5.61. The second-order valence-corrected chi connectivity index (χ2v) is 6.98. The molecule has 0 spiro atoms. The number of hydrogen-bond acceptors (Lipinski definition) is 3. The van der Waals surface area contributed by atoms with E-state index in [-0.39, 0.29) is 5.54 Å². The first-order chi connectivity index (χ1) is 9.99. The van der Waals surface area contributed by atoms with Crippen LogP contribution in [-0.2, 0) is 17.8 Å². The van der Waals surface area contributed by atoms with E-state index in [0.29, 0.717) is 6.04 Å². The van der Waals surface area contributed by atoms with Gasteiger partial charge in [0.25, 0.3) is 0 Å². The van der Waals surface area contributed by atoms with Gasteiger partial charge in [0.1, 0.15) is 0 Å². The lowest BCUT2D eigenvalue weighted by atomic mass is 10.0. The minimum atomic E-state index is 0.151. The zero-order chi connectivity index (χ0) is 15.3. The highest BCUT2D eigenvalue weighted by atomic mass is 16.5. The predicted molar refractivity (Wildman–Crippen MR) is 88.3 cm³/mol. The minimum Gasteiger partial charge on any atom is -0.378 e. The Kier molecular flexibility index (Phi) is 5.80. The molecule has 21 heavy (non-hydrogen) atoms. The number of morpholine rings is 1. The number of rotatable bonds is 5. The molecule has 1 aromatic carbocycles. The fourth-order valence-electron chi connectivity index (χ4n) is 2.74. The first-order valence-corrected chi connectivity index (χ1v) is 8.13. The third kappa shape index (κ3) is 5.10. The van der Waals surface area contributed by atoms with Crippen molar-refractivity contribution in [3.8, 4) is 0 Å². The number of hydrogen-bond donors (Lipinski definition) is 1. The average molecular weight is 290 g/mol. The Morgan fingerprint density at radius 1 is 1.24 bits per heavy atom. The Morgan fingerprint density at radius 2 is 1.95 bits per heavy atom. The van der Waals surface area contributed by atoms with Gasteiger partial charge in [-0.1, -0.05) is 31.2 Å². The summed E-state index contributed by atoms with van der Waals surface area (Å²) in [6, 6.07) is 9.36. The van der Waals surface area contributed by atoms with Crippen molar-refractivity contribution >= 4 is 0 Å². The fourth-order valence-corrected chi connectivity index (χ4v) is 2.74. The summed E-state index contributed by atoms with van der Waals surface area (Å²) in [5, 5.41) is 3.60. The van der Waals surface area contributed by atoms with Gasteiger partial charge in [0.15, 0.2) is 0 Å². The number of nitrogens with one attached hydrogen (secondary N) is 1. The van der Waals surface area contributed by atoms with Crippen LogP contribution in [0.15, 0.2) is 24.3 Å². The van der Waals surface area contributed by atoms with Gasteiger partial charge >= 0.3 is 0 Å². The Labute approximate surface area is 129 Å². The van der Waals surface area contributed by atoms with Gasteiger partial charge in [-0.2, -0.15) is 0 Å². The summed E-state index contributed by atoms with van der Waals surface area (Å²) in [7, 11) is 0. The largest absolute Gasteiger partial charge is 0.378 e. The molecule has 0 bridgehead atoms. The van der Waals surface area contributed by atoms with Gasteiger partial charge in [0.2, 0.25) is 0 Å². The molecular formula is C18H30N2O. The molecule has 1 fully saturated rings. The molecule has 3 nitrogen and oxygen atoms in total. The van der Waals surface area contributed by atoms with Crippen molar-refractivity contribution in [1.29, 1.82) is 0 Å². The van der Waals surface area contributed by atoms with E-state index in [9.17, 15) is 0 Å². The first kappa shape index (κ1) is 16.5. The molecule has 0 aliphatic carbocycles. The molecule has 3 heteroatoms. The topological polar surface area (TPSA) is 24.5 Å². The Balaban J connectivity index is 2.05. The molecule has 1 atom stereocenters. The molecule has 1 aliphatic heterocycles. The summed E-state index contributed by atoms with van der Waals surface area (Å²) >= 11 is 0. The summed E-state index contributed by atoms with van der Waals surface area (Å²) in [5.41, 5.74) is 3.00. The van der Waals surface area contributed by atoms with Crippen molar-refractivity contribution < 1.29 is 4.74 Å². The van der Waals surface area contributed by atoms with Crippen LogP contribution in [0.4, 0.5) is 0 Å². The second kappa shape index (κ2) is 7.39. The van der Waals surface area contributed by atoms with Gasteiger partial charge < -0.3 is 10.1 Å². The maximum absolute atomic E-state index is 5.61. The zero-order valence-corrected chi connectivity index (χ0v) is 14.0. The van der Waals surface area contributed by atoms with Crippen LogP contribution >= 0.6 is 0 Å². The normalized spacial score (nSPS) is 20.7. The molecule has 0 radical (unpaired) electrons. The van der Waals surface area contributed by atoms with E-state index in [1.54, 1.807) is 0 Å². The summed E-state index contributed by atoms with van der Waals surface area (Å²) < 4.78 is 5.61. The second-order valence-electron chi connectivity index (χ2n) is 6.98. The van der Waals surface area contributed by atoms with E-state index >= 15 is 0 Å². The quantitative estimate of drug-likeness (QED) is 0.901. The Morgan fingerprint density at radius 3 is 2.62 bits per heavy atom. The van der Waals surface area contributed by atoms with E-state index in [2.05, 4.69) is 62.2 Å². The van der Waals surface area contributed by atoms with Crippen LogP contribution in [0.2, 0.25) is 0 Å². The SMILES string of the molecule is CCC1COCCN1Cc1ccccc1CNC(C)(C)C. The third-order valence-corrected chi connectivity index (χ3v) is 4.12. The minimum absolute atomic E-state index is 0.151.